The summed E-state index contributed by atoms with van der Waals surface area (Å²) in [6.45, 7) is 5.47. The zero-order valence-electron chi connectivity index (χ0n) is 12.7. The second-order valence-corrected chi connectivity index (χ2v) is 5.68. The van der Waals surface area contributed by atoms with E-state index in [-0.39, 0.29) is 11.8 Å². The smallest absolute Gasteiger partial charge is 0.224 e. The number of aryl methyl sites for hydroxylation is 1. The van der Waals surface area contributed by atoms with Gasteiger partial charge in [0.05, 0.1) is 11.4 Å². The van der Waals surface area contributed by atoms with E-state index >= 15 is 0 Å². The van der Waals surface area contributed by atoms with E-state index in [1.807, 2.05) is 25.1 Å². The van der Waals surface area contributed by atoms with Gasteiger partial charge in [0.1, 0.15) is 0 Å². The Morgan fingerprint density at radius 3 is 2.76 bits per heavy atom. The molecule has 0 aliphatic carbocycles. The van der Waals surface area contributed by atoms with E-state index in [0.717, 1.165) is 31.5 Å². The van der Waals surface area contributed by atoms with Crippen molar-refractivity contribution in [2.75, 3.05) is 23.7 Å². The van der Waals surface area contributed by atoms with E-state index in [0.29, 0.717) is 23.7 Å². The molecule has 3 N–H and O–H groups in total. The highest BCUT2D eigenvalue weighted by atomic mass is 16.2. The first-order chi connectivity index (χ1) is 10.0. The van der Waals surface area contributed by atoms with Crippen molar-refractivity contribution in [3.05, 3.63) is 23.8 Å². The first-order valence-electron chi connectivity index (χ1n) is 7.43. The van der Waals surface area contributed by atoms with E-state index in [4.69, 9.17) is 0 Å². The van der Waals surface area contributed by atoms with Crippen molar-refractivity contribution in [2.45, 2.75) is 33.1 Å². The summed E-state index contributed by atoms with van der Waals surface area (Å²) < 4.78 is 0. The molecule has 1 fully saturated rings. The van der Waals surface area contributed by atoms with Crippen LogP contribution in [0.4, 0.5) is 11.4 Å². The van der Waals surface area contributed by atoms with Gasteiger partial charge in [0, 0.05) is 13.3 Å². The highest BCUT2D eigenvalue weighted by molar-refractivity contribution is 5.98. The molecular weight excluding hydrogens is 266 g/mol. The van der Waals surface area contributed by atoms with Crippen molar-refractivity contribution in [3.63, 3.8) is 0 Å². The number of amides is 2. The molecule has 5 nitrogen and oxygen atoms in total. The predicted molar refractivity (Wildman–Crippen MR) is 84.3 cm³/mol. The highest BCUT2D eigenvalue weighted by Gasteiger charge is 2.16. The fraction of sp³-hybridized carbons (Fsp3) is 0.500. The first kappa shape index (κ1) is 15.5. The van der Waals surface area contributed by atoms with Gasteiger partial charge in [0.25, 0.3) is 0 Å². The van der Waals surface area contributed by atoms with E-state index in [1.165, 1.54) is 6.92 Å². The minimum Gasteiger partial charge on any atom is -0.325 e. The van der Waals surface area contributed by atoms with Gasteiger partial charge in [-0.3, -0.25) is 9.59 Å². The maximum Gasteiger partial charge on any atom is 0.224 e. The van der Waals surface area contributed by atoms with Crippen LogP contribution in [0.25, 0.3) is 0 Å². The number of hydrogen-bond donors (Lipinski definition) is 3. The summed E-state index contributed by atoms with van der Waals surface area (Å²) in [6, 6.07) is 5.60. The predicted octanol–water partition coefficient (Wildman–Crippen LogP) is 2.28. The molecule has 2 amide bonds. The van der Waals surface area contributed by atoms with Gasteiger partial charge in [0.2, 0.25) is 11.8 Å². The summed E-state index contributed by atoms with van der Waals surface area (Å²) in [5.41, 5.74) is 2.35. The summed E-state index contributed by atoms with van der Waals surface area (Å²) in [6.07, 6.45) is 2.56. The minimum absolute atomic E-state index is 0.000831. The van der Waals surface area contributed by atoms with Crippen molar-refractivity contribution in [1.82, 2.24) is 5.32 Å². The number of hydrogen-bond acceptors (Lipinski definition) is 3. The van der Waals surface area contributed by atoms with Crippen LogP contribution in [-0.2, 0) is 9.59 Å². The summed E-state index contributed by atoms with van der Waals surface area (Å²) >= 11 is 0. The summed E-state index contributed by atoms with van der Waals surface area (Å²) in [5, 5.41) is 8.95. The van der Waals surface area contributed by atoms with Gasteiger partial charge in [-0.25, -0.2) is 0 Å². The second-order valence-electron chi connectivity index (χ2n) is 5.68. The van der Waals surface area contributed by atoms with Crippen LogP contribution in [0, 0.1) is 12.8 Å². The van der Waals surface area contributed by atoms with E-state index in [2.05, 4.69) is 16.0 Å². The second kappa shape index (κ2) is 7.22. The zero-order chi connectivity index (χ0) is 15.2. The number of rotatable bonds is 5. The van der Waals surface area contributed by atoms with Gasteiger partial charge in [0.15, 0.2) is 0 Å². The Kier molecular flexibility index (Phi) is 5.33. The molecule has 0 aromatic heterocycles. The Morgan fingerprint density at radius 2 is 2.10 bits per heavy atom. The molecule has 114 valence electrons. The SMILES string of the molecule is CC(=O)Nc1ccc(C)cc1NC(=O)CCC1CCNC1. The molecule has 1 heterocycles. The molecule has 1 atom stereocenters. The molecule has 1 saturated heterocycles. The van der Waals surface area contributed by atoms with Crippen LogP contribution in [0.15, 0.2) is 18.2 Å². The maximum absolute atomic E-state index is 12.1. The molecule has 1 aromatic rings. The third-order valence-electron chi connectivity index (χ3n) is 3.70. The lowest BCUT2D eigenvalue weighted by atomic mass is 10.0. The van der Waals surface area contributed by atoms with Gasteiger partial charge >= 0.3 is 0 Å². The highest BCUT2D eigenvalue weighted by Crippen LogP contribution is 2.24. The Morgan fingerprint density at radius 1 is 1.29 bits per heavy atom. The molecule has 21 heavy (non-hydrogen) atoms. The number of carbonyl (C=O) groups is 2. The fourth-order valence-corrected chi connectivity index (χ4v) is 2.57. The Balaban J connectivity index is 1.95. The van der Waals surface area contributed by atoms with Gasteiger partial charge in [-0.15, -0.1) is 0 Å². The van der Waals surface area contributed by atoms with Crippen LogP contribution >= 0.6 is 0 Å². The molecule has 2 rings (SSSR count). The monoisotopic (exact) mass is 289 g/mol. The number of anilines is 2. The molecule has 1 aromatic carbocycles. The quantitative estimate of drug-likeness (QED) is 0.779. The van der Waals surface area contributed by atoms with Crippen molar-refractivity contribution in [2.24, 2.45) is 5.92 Å². The van der Waals surface area contributed by atoms with Crippen LogP contribution in [0.1, 0.15) is 31.7 Å². The fourth-order valence-electron chi connectivity index (χ4n) is 2.57. The largest absolute Gasteiger partial charge is 0.325 e. The van der Waals surface area contributed by atoms with Crippen LogP contribution < -0.4 is 16.0 Å². The molecule has 0 radical (unpaired) electrons. The first-order valence-corrected chi connectivity index (χ1v) is 7.43. The standard InChI is InChI=1S/C16H23N3O2/c1-11-3-5-14(18-12(2)20)15(9-11)19-16(21)6-4-13-7-8-17-10-13/h3,5,9,13,17H,4,6-8,10H2,1-2H3,(H,18,20)(H,19,21). The third-order valence-corrected chi connectivity index (χ3v) is 3.70. The van der Waals surface area contributed by atoms with Crippen molar-refractivity contribution in [1.29, 1.82) is 0 Å². The average molecular weight is 289 g/mol. The molecule has 1 aliphatic heterocycles. The summed E-state index contributed by atoms with van der Waals surface area (Å²) in [4.78, 5) is 23.3. The third kappa shape index (κ3) is 4.86. The van der Waals surface area contributed by atoms with Crippen LogP contribution in [0.5, 0.6) is 0 Å². The molecule has 1 unspecified atom stereocenters. The van der Waals surface area contributed by atoms with E-state index in [9.17, 15) is 9.59 Å². The number of carbonyl (C=O) groups excluding carboxylic acids is 2. The van der Waals surface area contributed by atoms with Crippen molar-refractivity contribution < 1.29 is 9.59 Å². The lowest BCUT2D eigenvalue weighted by Crippen LogP contribution is -2.17. The normalized spacial score (nSPS) is 17.5. The Bertz CT molecular complexity index is 522. The van der Waals surface area contributed by atoms with E-state index in [1.54, 1.807) is 0 Å². The Hall–Kier alpha value is -1.88. The molecule has 0 bridgehead atoms. The topological polar surface area (TPSA) is 70.2 Å². The van der Waals surface area contributed by atoms with Crippen LogP contribution in [-0.4, -0.2) is 24.9 Å². The van der Waals surface area contributed by atoms with E-state index < -0.39 is 0 Å². The number of nitrogens with one attached hydrogen (secondary N) is 3. The molecule has 1 aliphatic rings. The average Bonchev–Trinajstić information content (AvgIpc) is 2.92. The van der Waals surface area contributed by atoms with Gasteiger partial charge in [-0.2, -0.15) is 0 Å². The number of benzene rings is 1. The van der Waals surface area contributed by atoms with Crippen LogP contribution in [0.3, 0.4) is 0 Å². The summed E-state index contributed by atoms with van der Waals surface area (Å²) in [5.74, 6) is 0.452. The molecule has 5 heteroatoms. The molecule has 0 spiro atoms. The summed E-state index contributed by atoms with van der Waals surface area (Å²) in [7, 11) is 0. The van der Waals surface area contributed by atoms with Crippen LogP contribution in [0.2, 0.25) is 0 Å². The van der Waals surface area contributed by atoms with Crippen molar-refractivity contribution >= 4 is 23.2 Å². The molecule has 0 saturated carbocycles. The van der Waals surface area contributed by atoms with Gasteiger partial charge in [-0.05, 0) is 56.5 Å². The lowest BCUT2D eigenvalue weighted by molar-refractivity contribution is -0.116. The maximum atomic E-state index is 12.1. The Labute approximate surface area is 125 Å². The van der Waals surface area contributed by atoms with Gasteiger partial charge < -0.3 is 16.0 Å². The molecular formula is C16H23N3O2. The van der Waals surface area contributed by atoms with Gasteiger partial charge in [-0.1, -0.05) is 6.07 Å². The lowest BCUT2D eigenvalue weighted by Gasteiger charge is -2.13. The minimum atomic E-state index is -0.147. The van der Waals surface area contributed by atoms with Crippen molar-refractivity contribution in [3.8, 4) is 0 Å². The zero-order valence-corrected chi connectivity index (χ0v) is 12.7.